The molecule has 0 atom stereocenters. The van der Waals surface area contributed by atoms with Crippen LogP contribution in [-0.2, 0) is 0 Å². The van der Waals surface area contributed by atoms with Crippen LogP contribution in [0.2, 0.25) is 0 Å². The Morgan fingerprint density at radius 1 is 0.893 bits per heavy atom. The Kier molecular flexibility index (Phi) is 4.72. The van der Waals surface area contributed by atoms with Gasteiger partial charge < -0.3 is 5.73 Å². The van der Waals surface area contributed by atoms with Gasteiger partial charge in [0.1, 0.15) is 0 Å². The summed E-state index contributed by atoms with van der Waals surface area (Å²) in [5.41, 5.74) is 9.76. The van der Waals surface area contributed by atoms with E-state index in [0.29, 0.717) is 5.82 Å². The molecule has 0 bridgehead atoms. The second-order valence-corrected chi connectivity index (χ2v) is 6.67. The topological polar surface area (TPSA) is 73.8 Å². The number of hydrogen-bond acceptors (Lipinski definition) is 4. The van der Waals surface area contributed by atoms with Gasteiger partial charge in [0, 0.05) is 5.56 Å². The van der Waals surface area contributed by atoms with Gasteiger partial charge in [-0.2, -0.15) is 9.67 Å². The molecule has 4 rings (SSSR count). The molecule has 0 spiro atoms. The molecule has 0 aliphatic carbocycles. The number of aromatic nitrogens is 3. The maximum absolute atomic E-state index is 13.5. The molecule has 138 valence electrons. The lowest BCUT2D eigenvalue weighted by molar-refractivity contribution is 0.0880. The summed E-state index contributed by atoms with van der Waals surface area (Å²) in [6.45, 7) is 2.00. The molecule has 0 saturated heterocycles. The number of carbonyl (C=O) groups is 1. The van der Waals surface area contributed by atoms with Crippen molar-refractivity contribution in [2.75, 3.05) is 5.73 Å². The summed E-state index contributed by atoms with van der Waals surface area (Å²) in [4.78, 5) is 17.8. The number of nitrogens with zero attached hydrogens (tertiary/aromatic N) is 3. The minimum absolute atomic E-state index is 0.0818. The van der Waals surface area contributed by atoms with Crippen molar-refractivity contribution in [2.45, 2.75) is 12.8 Å². The molecule has 5 heteroatoms. The molecule has 1 heterocycles. The van der Waals surface area contributed by atoms with Gasteiger partial charge in [-0.3, -0.25) is 4.79 Å². The first-order valence-electron chi connectivity index (χ1n) is 9.07. The Hall–Kier alpha value is -3.73. The maximum Gasteiger partial charge on any atom is 0.262 e. The zero-order valence-corrected chi connectivity index (χ0v) is 15.5. The quantitative estimate of drug-likeness (QED) is 0.582. The molecule has 2 N–H and O–H groups in total. The fraction of sp³-hybridized carbons (Fsp3) is 0.0870. The van der Waals surface area contributed by atoms with Gasteiger partial charge in [0.25, 0.3) is 5.91 Å². The fourth-order valence-corrected chi connectivity index (χ4v) is 3.28. The van der Waals surface area contributed by atoms with E-state index < -0.39 is 5.92 Å². The third-order valence-electron chi connectivity index (χ3n) is 4.63. The summed E-state index contributed by atoms with van der Waals surface area (Å²) in [7, 11) is 0. The van der Waals surface area contributed by atoms with Crippen LogP contribution in [-0.4, -0.2) is 20.7 Å². The van der Waals surface area contributed by atoms with Crippen LogP contribution in [0, 0.1) is 6.92 Å². The van der Waals surface area contributed by atoms with Crippen LogP contribution in [0.15, 0.2) is 84.9 Å². The van der Waals surface area contributed by atoms with E-state index >= 15 is 0 Å². The SMILES string of the molecule is Cc1cccc(-c2nc(N)n(C(=O)C(c3ccccc3)c3ccccc3)n2)c1. The van der Waals surface area contributed by atoms with Crippen molar-refractivity contribution < 1.29 is 4.79 Å². The summed E-state index contributed by atoms with van der Waals surface area (Å²) >= 11 is 0. The van der Waals surface area contributed by atoms with Gasteiger partial charge in [0.05, 0.1) is 5.92 Å². The van der Waals surface area contributed by atoms with Crippen LogP contribution in [0.1, 0.15) is 27.4 Å². The smallest absolute Gasteiger partial charge is 0.262 e. The molecule has 5 nitrogen and oxygen atoms in total. The Morgan fingerprint density at radius 3 is 2.07 bits per heavy atom. The summed E-state index contributed by atoms with van der Waals surface area (Å²) in [5, 5.41) is 4.42. The van der Waals surface area contributed by atoms with Crippen LogP contribution in [0.5, 0.6) is 0 Å². The molecular formula is C23H20N4O. The second-order valence-electron chi connectivity index (χ2n) is 6.67. The van der Waals surface area contributed by atoms with Gasteiger partial charge in [-0.15, -0.1) is 5.10 Å². The van der Waals surface area contributed by atoms with E-state index in [9.17, 15) is 4.79 Å². The number of carbonyl (C=O) groups excluding carboxylic acids is 1. The number of anilines is 1. The van der Waals surface area contributed by atoms with Gasteiger partial charge in [-0.25, -0.2) is 0 Å². The Morgan fingerprint density at radius 2 is 1.50 bits per heavy atom. The zero-order chi connectivity index (χ0) is 19.5. The molecule has 0 aliphatic rings. The van der Waals surface area contributed by atoms with Crippen molar-refractivity contribution in [3.63, 3.8) is 0 Å². The minimum atomic E-state index is -0.517. The van der Waals surface area contributed by atoms with E-state index in [0.717, 1.165) is 22.3 Å². The number of rotatable bonds is 4. The van der Waals surface area contributed by atoms with Crippen LogP contribution in [0.4, 0.5) is 5.95 Å². The van der Waals surface area contributed by atoms with E-state index in [4.69, 9.17) is 5.73 Å². The number of benzene rings is 3. The van der Waals surface area contributed by atoms with Crippen molar-refractivity contribution in [1.82, 2.24) is 14.8 Å². The van der Waals surface area contributed by atoms with Gasteiger partial charge in [-0.05, 0) is 24.1 Å². The van der Waals surface area contributed by atoms with Crippen LogP contribution >= 0.6 is 0 Å². The van der Waals surface area contributed by atoms with Crippen molar-refractivity contribution >= 4 is 11.9 Å². The third kappa shape index (κ3) is 3.42. The maximum atomic E-state index is 13.5. The molecule has 0 fully saturated rings. The molecule has 28 heavy (non-hydrogen) atoms. The lowest BCUT2D eigenvalue weighted by Gasteiger charge is -2.16. The van der Waals surface area contributed by atoms with Crippen molar-refractivity contribution in [3.05, 3.63) is 102 Å². The molecule has 0 aliphatic heterocycles. The Labute approximate surface area is 163 Å². The molecule has 0 saturated carbocycles. The summed E-state index contributed by atoms with van der Waals surface area (Å²) in [5.74, 6) is -0.231. The zero-order valence-electron chi connectivity index (χ0n) is 15.5. The van der Waals surface area contributed by atoms with Crippen LogP contribution < -0.4 is 5.73 Å². The monoisotopic (exact) mass is 368 g/mol. The van der Waals surface area contributed by atoms with Gasteiger partial charge in [0.15, 0.2) is 5.82 Å². The van der Waals surface area contributed by atoms with Gasteiger partial charge >= 0.3 is 0 Å². The summed E-state index contributed by atoms with van der Waals surface area (Å²) in [6.07, 6.45) is 0. The highest BCUT2D eigenvalue weighted by Crippen LogP contribution is 2.28. The van der Waals surface area contributed by atoms with Crippen LogP contribution in [0.3, 0.4) is 0 Å². The predicted octanol–water partition coefficient (Wildman–Crippen LogP) is 4.31. The lowest BCUT2D eigenvalue weighted by atomic mass is 9.90. The molecule has 1 aromatic heterocycles. The van der Waals surface area contributed by atoms with Crippen molar-refractivity contribution in [1.29, 1.82) is 0 Å². The van der Waals surface area contributed by atoms with Gasteiger partial charge in [0.2, 0.25) is 5.95 Å². The van der Waals surface area contributed by atoms with Gasteiger partial charge in [-0.1, -0.05) is 84.4 Å². The number of aryl methyl sites for hydroxylation is 1. The minimum Gasteiger partial charge on any atom is -0.368 e. The molecule has 0 unspecified atom stereocenters. The average molecular weight is 368 g/mol. The van der Waals surface area contributed by atoms with Crippen molar-refractivity contribution in [3.8, 4) is 11.4 Å². The van der Waals surface area contributed by atoms with E-state index in [2.05, 4.69) is 10.1 Å². The average Bonchev–Trinajstić information content (AvgIpc) is 3.11. The molecule has 0 amide bonds. The number of nitrogen functional groups attached to an aromatic ring is 1. The van der Waals surface area contributed by atoms with Crippen LogP contribution in [0.25, 0.3) is 11.4 Å². The highest BCUT2D eigenvalue weighted by molar-refractivity contribution is 5.90. The lowest BCUT2D eigenvalue weighted by Crippen LogP contribution is -2.24. The van der Waals surface area contributed by atoms with E-state index in [1.54, 1.807) is 0 Å². The second kappa shape index (κ2) is 7.48. The first-order valence-corrected chi connectivity index (χ1v) is 9.07. The number of hydrogen-bond donors (Lipinski definition) is 1. The largest absolute Gasteiger partial charge is 0.368 e. The molecule has 0 radical (unpaired) electrons. The standard InChI is InChI=1S/C23H20N4O/c1-16-9-8-14-19(15-16)21-25-23(24)27(26-21)22(28)20(17-10-4-2-5-11-17)18-12-6-3-7-13-18/h2-15,20H,1H3,(H2,24,25,26). The van der Waals surface area contributed by atoms with Crippen molar-refractivity contribution in [2.24, 2.45) is 0 Å². The molecular weight excluding hydrogens is 348 g/mol. The highest BCUT2D eigenvalue weighted by atomic mass is 16.2. The third-order valence-corrected chi connectivity index (χ3v) is 4.63. The summed E-state index contributed by atoms with van der Waals surface area (Å²) in [6, 6.07) is 27.1. The fourth-order valence-electron chi connectivity index (χ4n) is 3.28. The number of nitrogens with two attached hydrogens (primary N) is 1. The first-order chi connectivity index (χ1) is 13.6. The molecule has 3 aromatic carbocycles. The normalized spacial score (nSPS) is 10.9. The summed E-state index contributed by atoms with van der Waals surface area (Å²) < 4.78 is 1.21. The van der Waals surface area contributed by atoms with E-state index in [-0.39, 0.29) is 11.9 Å². The Balaban J connectivity index is 1.78. The highest BCUT2D eigenvalue weighted by Gasteiger charge is 2.27. The van der Waals surface area contributed by atoms with E-state index in [1.165, 1.54) is 4.68 Å². The molecule has 4 aromatic rings. The first kappa shape index (κ1) is 17.7. The van der Waals surface area contributed by atoms with E-state index in [1.807, 2.05) is 91.9 Å². The Bertz CT molecular complexity index is 1060. The predicted molar refractivity (Wildman–Crippen MR) is 110 cm³/mol.